The Bertz CT molecular complexity index is 1100. The maximum atomic E-state index is 12.2. The van der Waals surface area contributed by atoms with Crippen LogP contribution in [-0.2, 0) is 16.4 Å². The van der Waals surface area contributed by atoms with Crippen LogP contribution >= 0.6 is 11.8 Å². The summed E-state index contributed by atoms with van der Waals surface area (Å²) in [4.78, 5) is 9.11. The Labute approximate surface area is 175 Å². The van der Waals surface area contributed by atoms with Crippen LogP contribution in [-0.4, -0.2) is 43.3 Å². The highest BCUT2D eigenvalue weighted by Gasteiger charge is 2.16. The molecule has 0 saturated carbocycles. The molecule has 0 aliphatic carbocycles. The molecule has 0 spiro atoms. The number of methoxy groups -OCH3 is 1. The molecular weight excluding hydrogens is 408 g/mol. The van der Waals surface area contributed by atoms with Gasteiger partial charge in [0.05, 0.1) is 23.9 Å². The van der Waals surface area contributed by atoms with Gasteiger partial charge in [0, 0.05) is 11.8 Å². The van der Waals surface area contributed by atoms with E-state index < -0.39 is 10.0 Å². The van der Waals surface area contributed by atoms with Crippen molar-refractivity contribution in [2.45, 2.75) is 13.3 Å². The number of rotatable bonds is 9. The van der Waals surface area contributed by atoms with Gasteiger partial charge in [-0.1, -0.05) is 18.2 Å². The molecule has 9 heteroatoms. The second-order valence-corrected chi connectivity index (χ2v) is 9.30. The molecule has 0 atom stereocenters. The molecule has 0 fully saturated rings. The number of hydrogen-bond acceptors (Lipinski definition) is 7. The van der Waals surface area contributed by atoms with Crippen LogP contribution in [0.15, 0.2) is 42.5 Å². The maximum Gasteiger partial charge on any atom is 0.233 e. The number of thioether (sulfide) groups is 1. The first-order chi connectivity index (χ1) is 14.0. The summed E-state index contributed by atoms with van der Waals surface area (Å²) in [5.74, 6) is 2.12. The molecule has 29 heavy (non-hydrogen) atoms. The minimum absolute atomic E-state index is 0.0565. The van der Waals surface area contributed by atoms with Crippen LogP contribution in [0, 0.1) is 0 Å². The molecule has 0 radical (unpaired) electrons. The van der Waals surface area contributed by atoms with E-state index in [2.05, 4.69) is 26.3 Å². The van der Waals surface area contributed by atoms with Crippen LogP contribution in [0.2, 0.25) is 0 Å². The molecule has 1 aromatic heterocycles. The second-order valence-electron chi connectivity index (χ2n) is 6.31. The summed E-state index contributed by atoms with van der Waals surface area (Å²) < 4.78 is 32.3. The lowest BCUT2D eigenvalue weighted by molar-refractivity contribution is 0.415. The third-order valence-electron chi connectivity index (χ3n) is 4.35. The van der Waals surface area contributed by atoms with Crippen molar-refractivity contribution in [3.05, 3.63) is 48.0 Å². The fourth-order valence-corrected chi connectivity index (χ4v) is 3.74. The Balaban J connectivity index is 2.08. The van der Waals surface area contributed by atoms with Gasteiger partial charge in [0.2, 0.25) is 10.0 Å². The van der Waals surface area contributed by atoms with Gasteiger partial charge in [0.25, 0.3) is 0 Å². The number of benzene rings is 2. The molecule has 0 amide bonds. The molecule has 154 valence electrons. The van der Waals surface area contributed by atoms with Crippen LogP contribution in [0.1, 0.15) is 12.5 Å². The lowest BCUT2D eigenvalue weighted by Crippen LogP contribution is -2.17. The van der Waals surface area contributed by atoms with Gasteiger partial charge in [-0.05, 0) is 49.1 Å². The number of anilines is 3. The largest absolute Gasteiger partial charge is 0.497 e. The van der Waals surface area contributed by atoms with E-state index in [1.54, 1.807) is 31.9 Å². The van der Waals surface area contributed by atoms with E-state index in [1.807, 2.05) is 36.4 Å². The average molecular weight is 433 g/mol. The highest BCUT2D eigenvalue weighted by molar-refractivity contribution is 7.98. The predicted molar refractivity (Wildman–Crippen MR) is 121 cm³/mol. The average Bonchev–Trinajstić information content (AvgIpc) is 2.73. The zero-order chi connectivity index (χ0) is 20.9. The van der Waals surface area contributed by atoms with E-state index in [0.717, 1.165) is 23.4 Å². The summed E-state index contributed by atoms with van der Waals surface area (Å²) in [6.45, 7) is 1.58. The number of fused-ring (bicyclic) bond motifs is 1. The van der Waals surface area contributed by atoms with Gasteiger partial charge in [-0.2, -0.15) is 11.8 Å². The predicted octanol–water partition coefficient (Wildman–Crippen LogP) is 4.05. The van der Waals surface area contributed by atoms with E-state index in [4.69, 9.17) is 4.74 Å². The number of nitrogens with one attached hydrogen (secondary N) is 2. The van der Waals surface area contributed by atoms with Gasteiger partial charge in [-0.3, -0.25) is 4.72 Å². The number of sulfonamides is 1. The minimum Gasteiger partial charge on any atom is -0.497 e. The Kier molecular flexibility index (Phi) is 6.81. The zero-order valence-corrected chi connectivity index (χ0v) is 18.2. The highest BCUT2D eigenvalue weighted by Crippen LogP contribution is 2.30. The third kappa shape index (κ3) is 5.30. The number of para-hydroxylation sites is 2. The first-order valence-electron chi connectivity index (χ1n) is 9.16. The van der Waals surface area contributed by atoms with Gasteiger partial charge in [0.1, 0.15) is 5.75 Å². The van der Waals surface area contributed by atoms with Crippen molar-refractivity contribution in [1.82, 2.24) is 9.97 Å². The monoisotopic (exact) mass is 432 g/mol. The van der Waals surface area contributed by atoms with Gasteiger partial charge in [0.15, 0.2) is 11.6 Å². The molecule has 7 nitrogen and oxygen atoms in total. The zero-order valence-electron chi connectivity index (χ0n) is 16.6. The number of aromatic nitrogens is 2. The first kappa shape index (κ1) is 21.2. The van der Waals surface area contributed by atoms with Crippen molar-refractivity contribution in [3.8, 4) is 5.75 Å². The smallest absolute Gasteiger partial charge is 0.233 e. The van der Waals surface area contributed by atoms with Crippen molar-refractivity contribution in [2.24, 2.45) is 0 Å². The van der Waals surface area contributed by atoms with E-state index in [-0.39, 0.29) is 11.6 Å². The molecule has 3 rings (SSSR count). The van der Waals surface area contributed by atoms with Crippen molar-refractivity contribution in [1.29, 1.82) is 0 Å². The third-order valence-corrected chi connectivity index (χ3v) is 6.23. The fraction of sp³-hybridized carbons (Fsp3) is 0.300. The quantitative estimate of drug-likeness (QED) is 0.527. The summed E-state index contributed by atoms with van der Waals surface area (Å²) in [7, 11) is -1.91. The van der Waals surface area contributed by atoms with E-state index in [1.165, 1.54) is 0 Å². The van der Waals surface area contributed by atoms with Gasteiger partial charge in [-0.15, -0.1) is 0 Å². The summed E-state index contributed by atoms with van der Waals surface area (Å²) >= 11 is 1.76. The lowest BCUT2D eigenvalue weighted by atomic mass is 10.1. The van der Waals surface area contributed by atoms with Gasteiger partial charge in [-0.25, -0.2) is 18.4 Å². The SMILES string of the molecule is CCS(=O)(=O)Nc1nc2ccccc2nc1Nc1cc(OC)ccc1CCSC. The van der Waals surface area contributed by atoms with Gasteiger partial charge < -0.3 is 10.1 Å². The molecule has 0 aliphatic rings. The van der Waals surface area contributed by atoms with Crippen molar-refractivity contribution >= 4 is 50.1 Å². The molecule has 0 unspecified atom stereocenters. The molecule has 2 N–H and O–H groups in total. The number of ether oxygens (including phenoxy) is 1. The molecule has 0 aliphatic heterocycles. The number of aryl methyl sites for hydroxylation is 1. The summed E-state index contributed by atoms with van der Waals surface area (Å²) in [6.07, 6.45) is 2.91. The normalized spacial score (nSPS) is 11.4. The number of hydrogen-bond donors (Lipinski definition) is 2. The topological polar surface area (TPSA) is 93.2 Å². The fourth-order valence-electron chi connectivity index (χ4n) is 2.73. The molecule has 3 aromatic rings. The molecule has 0 saturated heterocycles. The summed E-state index contributed by atoms with van der Waals surface area (Å²) in [5, 5.41) is 3.27. The molecule has 2 aromatic carbocycles. The first-order valence-corrected chi connectivity index (χ1v) is 12.2. The van der Waals surface area contributed by atoms with E-state index >= 15 is 0 Å². The highest BCUT2D eigenvalue weighted by atomic mass is 32.2. The van der Waals surface area contributed by atoms with Crippen LogP contribution < -0.4 is 14.8 Å². The molecule has 1 heterocycles. The van der Waals surface area contributed by atoms with E-state index in [0.29, 0.717) is 22.6 Å². The van der Waals surface area contributed by atoms with E-state index in [9.17, 15) is 8.42 Å². The Morgan fingerprint density at radius 2 is 1.76 bits per heavy atom. The number of nitrogens with zero attached hydrogens (tertiary/aromatic N) is 2. The van der Waals surface area contributed by atoms with Gasteiger partial charge >= 0.3 is 0 Å². The van der Waals surface area contributed by atoms with Crippen molar-refractivity contribution in [2.75, 3.05) is 34.9 Å². The van der Waals surface area contributed by atoms with Crippen molar-refractivity contribution in [3.63, 3.8) is 0 Å². The van der Waals surface area contributed by atoms with Crippen LogP contribution in [0.3, 0.4) is 0 Å². The van der Waals surface area contributed by atoms with Crippen LogP contribution in [0.25, 0.3) is 11.0 Å². The van der Waals surface area contributed by atoms with Crippen molar-refractivity contribution < 1.29 is 13.2 Å². The lowest BCUT2D eigenvalue weighted by Gasteiger charge is -2.16. The second kappa shape index (κ2) is 9.32. The summed E-state index contributed by atoms with van der Waals surface area (Å²) in [5.41, 5.74) is 3.17. The summed E-state index contributed by atoms with van der Waals surface area (Å²) in [6, 6.07) is 13.1. The molecule has 0 bridgehead atoms. The van der Waals surface area contributed by atoms with Crippen LogP contribution in [0.4, 0.5) is 17.3 Å². The molecular formula is C20H24N4O3S2. The standard InChI is InChI=1S/C20H24N4O3S2/c1-4-29(25,26)24-20-19(21-16-7-5-6-8-17(16)22-20)23-18-13-15(27-2)10-9-14(18)11-12-28-3/h5-10,13H,4,11-12H2,1-3H3,(H,21,23)(H,22,24). The Hall–Kier alpha value is -2.52. The minimum atomic E-state index is -3.51. The maximum absolute atomic E-state index is 12.2. The Morgan fingerprint density at radius 1 is 1.07 bits per heavy atom. The Morgan fingerprint density at radius 3 is 2.38 bits per heavy atom. The van der Waals surface area contributed by atoms with Crippen LogP contribution in [0.5, 0.6) is 5.75 Å².